The molecule has 29 heavy (non-hydrogen) atoms. The van der Waals surface area contributed by atoms with Gasteiger partial charge in [-0.25, -0.2) is 13.1 Å². The highest BCUT2D eigenvalue weighted by atomic mass is 32.2. The number of halogens is 3. The molecule has 0 heterocycles. The Labute approximate surface area is 167 Å². The van der Waals surface area contributed by atoms with Crippen LogP contribution < -0.4 is 10.0 Å². The van der Waals surface area contributed by atoms with Gasteiger partial charge in [-0.1, -0.05) is 42.5 Å². The summed E-state index contributed by atoms with van der Waals surface area (Å²) >= 11 is 0. The molecule has 2 atom stereocenters. The molecule has 1 saturated carbocycles. The van der Waals surface area contributed by atoms with E-state index in [-0.39, 0.29) is 23.8 Å². The van der Waals surface area contributed by atoms with Crippen LogP contribution in [-0.4, -0.2) is 21.4 Å². The third kappa shape index (κ3) is 5.36. The molecule has 0 bridgehead atoms. The fourth-order valence-corrected chi connectivity index (χ4v) is 4.05. The van der Waals surface area contributed by atoms with Crippen molar-refractivity contribution in [3.05, 3.63) is 70.8 Å². The van der Waals surface area contributed by atoms with Crippen LogP contribution in [0.15, 0.2) is 48.5 Å². The highest BCUT2D eigenvalue weighted by molar-refractivity contribution is 7.88. The zero-order valence-electron chi connectivity index (χ0n) is 15.7. The molecule has 2 aromatic carbocycles. The van der Waals surface area contributed by atoms with Crippen molar-refractivity contribution in [1.82, 2.24) is 10.0 Å². The number of nitrogens with one attached hydrogen (secondary N) is 2. The van der Waals surface area contributed by atoms with Crippen molar-refractivity contribution in [3.63, 3.8) is 0 Å². The van der Waals surface area contributed by atoms with E-state index in [1.165, 1.54) is 19.2 Å². The molecular formula is C20H21F3N2O3S. The Bertz CT molecular complexity index is 989. The third-order valence-corrected chi connectivity index (χ3v) is 6.29. The summed E-state index contributed by atoms with van der Waals surface area (Å²) in [5.74, 6) is -1.33. The molecule has 1 amide bonds. The minimum absolute atomic E-state index is 0.140. The summed E-state index contributed by atoms with van der Waals surface area (Å²) in [7, 11) is -2.02. The van der Waals surface area contributed by atoms with Gasteiger partial charge in [0.2, 0.25) is 15.9 Å². The summed E-state index contributed by atoms with van der Waals surface area (Å²) < 4.78 is 64.8. The normalized spacial score (nSPS) is 19.0. The first-order valence-corrected chi connectivity index (χ1v) is 10.7. The lowest BCUT2D eigenvalue weighted by molar-refractivity contribution is -0.138. The van der Waals surface area contributed by atoms with Gasteiger partial charge in [0.05, 0.1) is 11.3 Å². The van der Waals surface area contributed by atoms with Gasteiger partial charge in [0, 0.05) is 12.5 Å². The molecule has 5 nitrogen and oxygen atoms in total. The Morgan fingerprint density at radius 1 is 1.07 bits per heavy atom. The van der Waals surface area contributed by atoms with E-state index in [2.05, 4.69) is 10.0 Å². The number of hydrogen-bond acceptors (Lipinski definition) is 3. The second-order valence-electron chi connectivity index (χ2n) is 7.03. The zero-order chi connectivity index (χ0) is 21.2. The van der Waals surface area contributed by atoms with Crippen LogP contribution in [0, 0.1) is 5.92 Å². The van der Waals surface area contributed by atoms with Gasteiger partial charge < -0.3 is 5.32 Å². The van der Waals surface area contributed by atoms with Crippen molar-refractivity contribution >= 4 is 15.9 Å². The van der Waals surface area contributed by atoms with Gasteiger partial charge in [0.1, 0.15) is 0 Å². The molecule has 2 N–H and O–H groups in total. The Morgan fingerprint density at radius 2 is 1.69 bits per heavy atom. The van der Waals surface area contributed by atoms with Gasteiger partial charge in [-0.3, -0.25) is 4.79 Å². The van der Waals surface area contributed by atoms with E-state index in [1.807, 2.05) is 0 Å². The summed E-state index contributed by atoms with van der Waals surface area (Å²) in [5.41, 5.74) is 0.861. The second kappa shape index (κ2) is 8.16. The van der Waals surface area contributed by atoms with Crippen LogP contribution in [0.25, 0.3) is 0 Å². The third-order valence-electron chi connectivity index (χ3n) is 4.95. The van der Waals surface area contributed by atoms with Crippen molar-refractivity contribution in [3.8, 4) is 0 Å². The number of carbonyl (C=O) groups excluding carboxylic acids is 1. The summed E-state index contributed by atoms with van der Waals surface area (Å²) in [6.45, 7) is 0.224. The molecule has 156 valence electrons. The summed E-state index contributed by atoms with van der Waals surface area (Å²) in [4.78, 5) is 12.3. The molecule has 0 saturated heterocycles. The van der Waals surface area contributed by atoms with Crippen molar-refractivity contribution in [2.24, 2.45) is 5.92 Å². The first-order valence-electron chi connectivity index (χ1n) is 9.03. The predicted octanol–water partition coefficient (Wildman–Crippen LogP) is 3.17. The van der Waals surface area contributed by atoms with Crippen LogP contribution in [0.5, 0.6) is 0 Å². The number of rotatable bonds is 7. The maximum absolute atomic E-state index is 13.2. The summed E-state index contributed by atoms with van der Waals surface area (Å²) in [6.07, 6.45) is -4.05. The van der Waals surface area contributed by atoms with Gasteiger partial charge in [-0.05, 0) is 42.1 Å². The van der Waals surface area contributed by atoms with Crippen LogP contribution in [0.3, 0.4) is 0 Å². The molecule has 0 aromatic heterocycles. The average Bonchev–Trinajstić information content (AvgIpc) is 3.47. The predicted molar refractivity (Wildman–Crippen MR) is 102 cm³/mol. The lowest BCUT2D eigenvalue weighted by Crippen LogP contribution is -2.25. The standard InChI is InChI=1S/C20H21F3N2O3S/c1-24-29(27,28)12-14-8-6-13(7-9-14)11-25-19(26)17-10-16(17)15-4-2-3-5-18(15)20(21,22)23/h2-9,16-17,24H,10-12H2,1H3,(H,25,26). The van der Waals surface area contributed by atoms with Gasteiger partial charge in [-0.15, -0.1) is 0 Å². The molecule has 3 rings (SSSR count). The van der Waals surface area contributed by atoms with E-state index in [0.717, 1.165) is 11.6 Å². The molecule has 9 heteroatoms. The zero-order valence-corrected chi connectivity index (χ0v) is 16.5. The quantitative estimate of drug-likeness (QED) is 0.714. The smallest absolute Gasteiger partial charge is 0.352 e. The Kier molecular flexibility index (Phi) is 6.00. The van der Waals surface area contributed by atoms with Crippen LogP contribution >= 0.6 is 0 Å². The average molecular weight is 426 g/mol. The van der Waals surface area contributed by atoms with E-state index in [0.29, 0.717) is 12.0 Å². The number of benzene rings is 2. The second-order valence-corrected chi connectivity index (χ2v) is 8.96. The molecule has 1 aliphatic carbocycles. The lowest BCUT2D eigenvalue weighted by Gasteiger charge is -2.12. The van der Waals surface area contributed by atoms with E-state index >= 15 is 0 Å². The summed E-state index contributed by atoms with van der Waals surface area (Å²) in [6, 6.07) is 12.1. The highest BCUT2D eigenvalue weighted by Crippen LogP contribution is 2.51. The van der Waals surface area contributed by atoms with Crippen molar-refractivity contribution in [2.75, 3.05) is 7.05 Å². The van der Waals surface area contributed by atoms with Crippen molar-refractivity contribution in [1.29, 1.82) is 0 Å². The number of amides is 1. The molecular weight excluding hydrogens is 405 g/mol. The van der Waals surface area contributed by atoms with Crippen LogP contribution in [0.4, 0.5) is 13.2 Å². The number of carbonyl (C=O) groups is 1. The topological polar surface area (TPSA) is 75.3 Å². The Morgan fingerprint density at radius 3 is 2.31 bits per heavy atom. The minimum atomic E-state index is -4.44. The fourth-order valence-electron chi connectivity index (χ4n) is 3.27. The summed E-state index contributed by atoms with van der Waals surface area (Å²) in [5, 5.41) is 2.75. The molecule has 0 radical (unpaired) electrons. The van der Waals surface area contributed by atoms with Crippen molar-refractivity contribution < 1.29 is 26.4 Å². The molecule has 1 fully saturated rings. The Balaban J connectivity index is 1.57. The molecule has 0 spiro atoms. The first-order chi connectivity index (χ1) is 13.6. The minimum Gasteiger partial charge on any atom is -0.352 e. The largest absolute Gasteiger partial charge is 0.416 e. The van der Waals surface area contributed by atoms with Crippen LogP contribution in [-0.2, 0) is 33.3 Å². The first kappa shape index (κ1) is 21.3. The SMILES string of the molecule is CNS(=O)(=O)Cc1ccc(CNC(=O)C2CC2c2ccccc2C(F)(F)F)cc1. The highest BCUT2D eigenvalue weighted by Gasteiger charge is 2.47. The van der Waals surface area contributed by atoms with Crippen LogP contribution in [0.2, 0.25) is 0 Å². The van der Waals surface area contributed by atoms with Gasteiger partial charge in [0.25, 0.3) is 0 Å². The van der Waals surface area contributed by atoms with E-state index in [9.17, 15) is 26.4 Å². The molecule has 2 unspecified atom stereocenters. The van der Waals surface area contributed by atoms with Gasteiger partial charge >= 0.3 is 6.18 Å². The lowest BCUT2D eigenvalue weighted by atomic mass is 10.0. The molecule has 1 aliphatic rings. The maximum Gasteiger partial charge on any atom is 0.416 e. The molecule has 0 aliphatic heterocycles. The Hall–Kier alpha value is -2.39. The maximum atomic E-state index is 13.2. The van der Waals surface area contributed by atoms with E-state index < -0.39 is 33.6 Å². The number of alkyl halides is 3. The van der Waals surface area contributed by atoms with Crippen LogP contribution in [0.1, 0.15) is 34.6 Å². The van der Waals surface area contributed by atoms with E-state index in [1.54, 1.807) is 30.3 Å². The van der Waals surface area contributed by atoms with Gasteiger partial charge in [-0.2, -0.15) is 13.2 Å². The van der Waals surface area contributed by atoms with Gasteiger partial charge in [0.15, 0.2) is 0 Å². The monoisotopic (exact) mass is 426 g/mol. The van der Waals surface area contributed by atoms with Crippen molar-refractivity contribution in [2.45, 2.75) is 30.8 Å². The number of hydrogen-bond donors (Lipinski definition) is 2. The number of sulfonamides is 1. The fraction of sp³-hybridized carbons (Fsp3) is 0.350. The molecule has 2 aromatic rings. The van der Waals surface area contributed by atoms with E-state index in [4.69, 9.17) is 0 Å².